The molecule has 27 heavy (non-hydrogen) atoms. The van der Waals surface area contributed by atoms with E-state index in [1.165, 1.54) is 6.42 Å². The molecule has 3 rings (SSSR count). The summed E-state index contributed by atoms with van der Waals surface area (Å²) in [5, 5.41) is 10.8. The number of hydrogen-bond donors (Lipinski definition) is 1. The van der Waals surface area contributed by atoms with Gasteiger partial charge in [-0.2, -0.15) is 0 Å². The molecular weight excluding hydrogens is 350 g/mol. The number of carbonyl (C=O) groups excluding carboxylic acids is 1. The summed E-state index contributed by atoms with van der Waals surface area (Å²) < 4.78 is 21.6. The van der Waals surface area contributed by atoms with E-state index >= 15 is 0 Å². The van der Waals surface area contributed by atoms with Gasteiger partial charge in [0.25, 0.3) is 0 Å². The molecule has 0 aliphatic heterocycles. The van der Waals surface area contributed by atoms with E-state index in [-0.39, 0.29) is 17.8 Å². The minimum atomic E-state index is -0.314. The molecule has 146 valence electrons. The molecule has 1 heterocycles. The average Bonchev–Trinajstić information content (AvgIpc) is 3.16. The van der Waals surface area contributed by atoms with Crippen molar-refractivity contribution in [3.8, 4) is 17.2 Å². The quantitative estimate of drug-likeness (QED) is 0.795. The zero-order chi connectivity index (χ0) is 19.2. The van der Waals surface area contributed by atoms with E-state index in [0.717, 1.165) is 31.2 Å². The van der Waals surface area contributed by atoms with Gasteiger partial charge in [-0.1, -0.05) is 19.3 Å². The third-order valence-corrected chi connectivity index (χ3v) is 4.68. The van der Waals surface area contributed by atoms with Crippen LogP contribution >= 0.6 is 0 Å². The van der Waals surface area contributed by atoms with Crippen LogP contribution in [-0.2, 0) is 6.42 Å². The second kappa shape index (κ2) is 8.75. The molecule has 1 saturated carbocycles. The highest BCUT2D eigenvalue weighted by atomic mass is 16.5. The summed E-state index contributed by atoms with van der Waals surface area (Å²) in [6.45, 7) is 0. The maximum absolute atomic E-state index is 12.3. The Kier molecular flexibility index (Phi) is 6.16. The summed E-state index contributed by atoms with van der Waals surface area (Å²) in [6, 6.07) is 3.82. The Morgan fingerprint density at radius 3 is 2.33 bits per heavy atom. The van der Waals surface area contributed by atoms with E-state index in [9.17, 15) is 4.79 Å². The Morgan fingerprint density at radius 1 is 1.07 bits per heavy atom. The van der Waals surface area contributed by atoms with E-state index in [1.54, 1.807) is 21.3 Å². The first kappa shape index (κ1) is 19.0. The van der Waals surface area contributed by atoms with Gasteiger partial charge in [0.05, 0.1) is 27.8 Å². The molecule has 0 radical (unpaired) electrons. The maximum Gasteiger partial charge on any atom is 0.309 e. The van der Waals surface area contributed by atoms with Gasteiger partial charge in [-0.25, -0.2) is 0 Å². The van der Waals surface area contributed by atoms with Crippen LogP contribution in [0.2, 0.25) is 0 Å². The molecule has 1 N–H and O–H groups in total. The second-order valence-corrected chi connectivity index (χ2v) is 6.52. The van der Waals surface area contributed by atoms with E-state index in [0.29, 0.717) is 29.6 Å². The molecule has 8 heteroatoms. The first-order valence-corrected chi connectivity index (χ1v) is 9.06. The van der Waals surface area contributed by atoms with Crippen molar-refractivity contribution in [1.82, 2.24) is 15.5 Å². The van der Waals surface area contributed by atoms with Gasteiger partial charge in [-0.05, 0) is 30.5 Å². The van der Waals surface area contributed by atoms with Gasteiger partial charge in [0.15, 0.2) is 11.5 Å². The van der Waals surface area contributed by atoms with Crippen molar-refractivity contribution in [2.24, 2.45) is 0 Å². The van der Waals surface area contributed by atoms with Crippen molar-refractivity contribution in [2.75, 3.05) is 21.3 Å². The van der Waals surface area contributed by atoms with Crippen LogP contribution in [0.25, 0.3) is 0 Å². The van der Waals surface area contributed by atoms with Crippen LogP contribution in [-0.4, -0.2) is 43.5 Å². The minimum absolute atomic E-state index is 0.0111. The summed E-state index contributed by atoms with van der Waals surface area (Å²) in [7, 11) is 4.66. The van der Waals surface area contributed by atoms with E-state index in [4.69, 9.17) is 18.6 Å². The molecular formula is C19H25N3O5. The van der Waals surface area contributed by atoms with Crippen molar-refractivity contribution < 1.29 is 23.4 Å². The van der Waals surface area contributed by atoms with Gasteiger partial charge in [-0.3, -0.25) is 4.79 Å². The summed E-state index contributed by atoms with van der Waals surface area (Å²) in [5.41, 5.74) is 0.840. The Hall–Kier alpha value is -2.77. The van der Waals surface area contributed by atoms with Crippen molar-refractivity contribution in [3.63, 3.8) is 0 Å². The van der Waals surface area contributed by atoms with Crippen molar-refractivity contribution in [1.29, 1.82) is 0 Å². The Bertz CT molecular complexity index is 758. The first-order valence-electron chi connectivity index (χ1n) is 9.06. The first-order chi connectivity index (χ1) is 13.1. The highest BCUT2D eigenvalue weighted by Gasteiger charge is 2.21. The number of carbonyl (C=O) groups is 1. The zero-order valence-electron chi connectivity index (χ0n) is 15.9. The highest BCUT2D eigenvalue weighted by molar-refractivity contribution is 5.89. The third-order valence-electron chi connectivity index (χ3n) is 4.68. The molecule has 0 atom stereocenters. The topological polar surface area (TPSA) is 95.7 Å². The predicted molar refractivity (Wildman–Crippen MR) is 97.5 cm³/mol. The lowest BCUT2D eigenvalue weighted by atomic mass is 9.95. The minimum Gasteiger partial charge on any atom is -0.493 e. The number of ether oxygens (including phenoxy) is 3. The number of hydrogen-bond acceptors (Lipinski definition) is 7. The van der Waals surface area contributed by atoms with E-state index in [1.807, 2.05) is 12.1 Å². The Labute approximate surface area is 158 Å². The molecule has 1 aliphatic rings. The van der Waals surface area contributed by atoms with Gasteiger partial charge < -0.3 is 23.9 Å². The van der Waals surface area contributed by atoms with Gasteiger partial charge in [0, 0.05) is 6.04 Å². The van der Waals surface area contributed by atoms with Gasteiger partial charge in [0.1, 0.15) is 0 Å². The van der Waals surface area contributed by atoms with Crippen LogP contribution in [0.3, 0.4) is 0 Å². The summed E-state index contributed by atoms with van der Waals surface area (Å²) in [4.78, 5) is 12.3. The van der Waals surface area contributed by atoms with Crippen molar-refractivity contribution >= 4 is 5.91 Å². The molecule has 1 aliphatic carbocycles. The van der Waals surface area contributed by atoms with Crippen molar-refractivity contribution in [3.05, 3.63) is 29.5 Å². The zero-order valence-corrected chi connectivity index (χ0v) is 15.9. The van der Waals surface area contributed by atoms with Gasteiger partial charge in [0.2, 0.25) is 11.6 Å². The van der Waals surface area contributed by atoms with Crippen LogP contribution in [0.1, 0.15) is 54.2 Å². The van der Waals surface area contributed by atoms with Crippen LogP contribution in [0, 0.1) is 0 Å². The van der Waals surface area contributed by atoms with Crippen LogP contribution < -0.4 is 19.5 Å². The molecule has 8 nitrogen and oxygen atoms in total. The van der Waals surface area contributed by atoms with Crippen LogP contribution in [0.4, 0.5) is 0 Å². The second-order valence-electron chi connectivity index (χ2n) is 6.52. The fourth-order valence-electron chi connectivity index (χ4n) is 3.32. The predicted octanol–water partition coefficient (Wildman–Crippen LogP) is 2.75. The fraction of sp³-hybridized carbons (Fsp3) is 0.526. The average molecular weight is 375 g/mol. The largest absolute Gasteiger partial charge is 0.493 e. The molecule has 0 spiro atoms. The number of nitrogens with zero attached hydrogens (tertiary/aromatic N) is 2. The monoisotopic (exact) mass is 375 g/mol. The third kappa shape index (κ3) is 4.50. The molecule has 0 unspecified atom stereocenters. The van der Waals surface area contributed by atoms with Crippen molar-refractivity contribution in [2.45, 2.75) is 44.6 Å². The molecule has 0 saturated heterocycles. The molecule has 1 amide bonds. The summed E-state index contributed by atoms with van der Waals surface area (Å²) in [5.74, 6) is 1.62. The van der Waals surface area contributed by atoms with E-state index < -0.39 is 0 Å². The summed E-state index contributed by atoms with van der Waals surface area (Å²) >= 11 is 0. The highest BCUT2D eigenvalue weighted by Crippen LogP contribution is 2.38. The Morgan fingerprint density at radius 2 is 1.74 bits per heavy atom. The normalized spacial score (nSPS) is 14.6. The van der Waals surface area contributed by atoms with Crippen LogP contribution in [0.15, 0.2) is 16.5 Å². The Balaban J connectivity index is 1.70. The number of nitrogens with one attached hydrogen (secondary N) is 1. The number of rotatable bonds is 7. The van der Waals surface area contributed by atoms with E-state index in [2.05, 4.69) is 15.5 Å². The SMILES string of the molecule is COc1cc(Cc2nnc(C(=O)NC3CCCCC3)o2)cc(OC)c1OC. The molecule has 0 bridgehead atoms. The van der Waals surface area contributed by atoms with Gasteiger partial charge in [-0.15, -0.1) is 10.2 Å². The lowest BCUT2D eigenvalue weighted by molar-refractivity contribution is 0.0890. The number of aromatic nitrogens is 2. The maximum atomic E-state index is 12.3. The lowest BCUT2D eigenvalue weighted by Crippen LogP contribution is -2.36. The van der Waals surface area contributed by atoms with Crippen LogP contribution in [0.5, 0.6) is 17.2 Å². The van der Waals surface area contributed by atoms with Gasteiger partial charge >= 0.3 is 11.8 Å². The number of methoxy groups -OCH3 is 3. The number of amides is 1. The molecule has 2 aromatic rings. The lowest BCUT2D eigenvalue weighted by Gasteiger charge is -2.21. The number of benzene rings is 1. The summed E-state index contributed by atoms with van der Waals surface area (Å²) in [6.07, 6.45) is 5.85. The molecule has 1 fully saturated rings. The standard InChI is InChI=1S/C19H25N3O5/c1-24-14-9-12(10-15(25-2)17(14)26-3)11-16-21-22-19(27-16)18(23)20-13-7-5-4-6-8-13/h9-10,13H,4-8,11H2,1-3H3,(H,20,23). The molecule has 1 aromatic heterocycles. The fourth-order valence-corrected chi connectivity index (χ4v) is 3.32. The molecule has 1 aromatic carbocycles. The smallest absolute Gasteiger partial charge is 0.309 e.